The van der Waals surface area contributed by atoms with Crippen LogP contribution in [0.4, 0.5) is 4.79 Å². The van der Waals surface area contributed by atoms with Gasteiger partial charge in [0, 0.05) is 32.7 Å². The first-order valence-electron chi connectivity index (χ1n) is 9.93. The van der Waals surface area contributed by atoms with Gasteiger partial charge < -0.3 is 15.1 Å². The first-order chi connectivity index (χ1) is 13.5. The van der Waals surface area contributed by atoms with Crippen LogP contribution in [0.5, 0.6) is 0 Å². The number of aryl methyl sites for hydroxylation is 2. The zero-order valence-corrected chi connectivity index (χ0v) is 16.8. The monoisotopic (exact) mass is 379 g/mol. The van der Waals surface area contributed by atoms with Gasteiger partial charge in [0.15, 0.2) is 0 Å². The van der Waals surface area contributed by atoms with Gasteiger partial charge in [-0.2, -0.15) is 0 Å². The molecule has 0 unspecified atom stereocenters. The van der Waals surface area contributed by atoms with Crippen molar-refractivity contribution in [2.45, 2.75) is 26.7 Å². The minimum absolute atomic E-state index is 0.0424. The highest BCUT2D eigenvalue weighted by Crippen LogP contribution is 2.09. The van der Waals surface area contributed by atoms with Crippen LogP contribution in [0.3, 0.4) is 0 Å². The molecule has 1 N–H and O–H groups in total. The first kappa shape index (κ1) is 19.9. The third kappa shape index (κ3) is 5.35. The van der Waals surface area contributed by atoms with Crippen LogP contribution in [0.2, 0.25) is 0 Å². The number of carbonyl (C=O) groups is 2. The number of hydrogen-bond acceptors (Lipinski definition) is 2. The van der Waals surface area contributed by atoms with Crippen LogP contribution in [-0.4, -0.2) is 54.5 Å². The van der Waals surface area contributed by atoms with E-state index in [1.165, 1.54) is 16.7 Å². The fraction of sp³-hybridized carbons (Fsp3) is 0.391. The van der Waals surface area contributed by atoms with Gasteiger partial charge in [-0.15, -0.1) is 0 Å². The summed E-state index contributed by atoms with van der Waals surface area (Å²) in [7, 11) is 0. The molecule has 1 aliphatic heterocycles. The van der Waals surface area contributed by atoms with Gasteiger partial charge in [-0.25, -0.2) is 4.79 Å². The second-order valence-corrected chi connectivity index (χ2v) is 7.44. The zero-order chi connectivity index (χ0) is 19.9. The summed E-state index contributed by atoms with van der Waals surface area (Å²) in [6.45, 7) is 7.09. The minimum atomic E-state index is -0.0424. The van der Waals surface area contributed by atoms with Crippen LogP contribution in [0.1, 0.15) is 22.3 Å². The minimum Gasteiger partial charge on any atom is -0.339 e. The van der Waals surface area contributed by atoms with Gasteiger partial charge in [0.2, 0.25) is 5.91 Å². The maximum Gasteiger partial charge on any atom is 0.317 e. The SMILES string of the molecule is Cc1ccc(CC(=O)N2CCN(C(=O)NCCc3ccccc3C)CC2)cc1. The fourth-order valence-corrected chi connectivity index (χ4v) is 3.46. The average molecular weight is 380 g/mol. The molecule has 0 saturated carbocycles. The second kappa shape index (κ2) is 9.40. The van der Waals surface area contributed by atoms with Crippen molar-refractivity contribution in [1.82, 2.24) is 15.1 Å². The molecule has 1 fully saturated rings. The van der Waals surface area contributed by atoms with Gasteiger partial charge >= 0.3 is 6.03 Å². The Morgan fingerprint density at radius 1 is 0.893 bits per heavy atom. The molecule has 5 nitrogen and oxygen atoms in total. The number of benzene rings is 2. The summed E-state index contributed by atoms with van der Waals surface area (Å²) >= 11 is 0. The molecule has 148 valence electrons. The van der Waals surface area contributed by atoms with Crippen molar-refractivity contribution in [3.05, 3.63) is 70.8 Å². The maximum atomic E-state index is 12.5. The summed E-state index contributed by atoms with van der Waals surface area (Å²) in [5.74, 6) is 0.128. The Morgan fingerprint density at radius 2 is 1.54 bits per heavy atom. The molecule has 1 aliphatic rings. The van der Waals surface area contributed by atoms with Crippen LogP contribution in [0.25, 0.3) is 0 Å². The van der Waals surface area contributed by atoms with Crippen LogP contribution >= 0.6 is 0 Å². The van der Waals surface area contributed by atoms with E-state index < -0.39 is 0 Å². The summed E-state index contributed by atoms with van der Waals surface area (Å²) in [5.41, 5.74) is 4.73. The van der Waals surface area contributed by atoms with Gasteiger partial charge in [-0.3, -0.25) is 4.79 Å². The second-order valence-electron chi connectivity index (χ2n) is 7.44. The Labute approximate surface area is 167 Å². The maximum absolute atomic E-state index is 12.5. The normalized spacial score (nSPS) is 14.1. The van der Waals surface area contributed by atoms with Gasteiger partial charge in [0.25, 0.3) is 0 Å². The number of nitrogens with one attached hydrogen (secondary N) is 1. The molecular formula is C23H29N3O2. The summed E-state index contributed by atoms with van der Waals surface area (Å²) in [5, 5.41) is 3.00. The lowest BCUT2D eigenvalue weighted by Gasteiger charge is -2.34. The average Bonchev–Trinajstić information content (AvgIpc) is 2.71. The number of carbonyl (C=O) groups excluding carboxylic acids is 2. The Morgan fingerprint density at radius 3 is 2.21 bits per heavy atom. The number of urea groups is 1. The van der Waals surface area contributed by atoms with Crippen molar-refractivity contribution in [3.8, 4) is 0 Å². The fourth-order valence-electron chi connectivity index (χ4n) is 3.46. The van der Waals surface area contributed by atoms with E-state index in [9.17, 15) is 9.59 Å². The molecule has 0 spiro atoms. The molecule has 3 amide bonds. The Kier molecular flexibility index (Phi) is 6.69. The van der Waals surface area contributed by atoms with Crippen LogP contribution in [-0.2, 0) is 17.6 Å². The quantitative estimate of drug-likeness (QED) is 0.868. The summed E-state index contributed by atoms with van der Waals surface area (Å²) in [4.78, 5) is 28.5. The molecule has 0 aromatic heterocycles. The van der Waals surface area contributed by atoms with E-state index in [1.807, 2.05) is 48.2 Å². The van der Waals surface area contributed by atoms with Crippen molar-refractivity contribution in [3.63, 3.8) is 0 Å². The van der Waals surface area contributed by atoms with Gasteiger partial charge in [0.05, 0.1) is 6.42 Å². The Bertz CT molecular complexity index is 809. The molecule has 2 aromatic carbocycles. The number of amides is 3. The largest absolute Gasteiger partial charge is 0.339 e. The molecule has 0 bridgehead atoms. The number of nitrogens with zero attached hydrogens (tertiary/aromatic N) is 2. The molecule has 2 aromatic rings. The molecule has 28 heavy (non-hydrogen) atoms. The molecule has 0 aliphatic carbocycles. The van der Waals surface area contributed by atoms with Crippen molar-refractivity contribution < 1.29 is 9.59 Å². The summed E-state index contributed by atoms with van der Waals surface area (Å²) < 4.78 is 0. The Balaban J connectivity index is 1.40. The van der Waals surface area contributed by atoms with E-state index in [2.05, 4.69) is 24.4 Å². The molecule has 0 radical (unpaired) electrons. The number of rotatable bonds is 5. The highest BCUT2D eigenvalue weighted by atomic mass is 16.2. The van der Waals surface area contributed by atoms with E-state index in [-0.39, 0.29) is 11.9 Å². The predicted molar refractivity (Wildman–Crippen MR) is 111 cm³/mol. The molecule has 1 heterocycles. The number of hydrogen-bond donors (Lipinski definition) is 1. The lowest BCUT2D eigenvalue weighted by Crippen LogP contribution is -2.53. The van der Waals surface area contributed by atoms with Crippen molar-refractivity contribution in [2.24, 2.45) is 0 Å². The first-order valence-corrected chi connectivity index (χ1v) is 9.93. The number of piperazine rings is 1. The standard InChI is InChI=1S/C23H29N3O2/c1-18-7-9-20(10-8-18)17-22(27)25-13-15-26(16-14-25)23(28)24-12-11-21-6-4-3-5-19(21)2/h3-10H,11-17H2,1-2H3,(H,24,28). The smallest absolute Gasteiger partial charge is 0.317 e. The lowest BCUT2D eigenvalue weighted by atomic mass is 10.1. The topological polar surface area (TPSA) is 52.7 Å². The summed E-state index contributed by atoms with van der Waals surface area (Å²) in [6, 6.07) is 16.3. The van der Waals surface area contributed by atoms with Crippen LogP contribution in [0.15, 0.2) is 48.5 Å². The predicted octanol–water partition coefficient (Wildman–Crippen LogP) is 2.94. The highest BCUT2D eigenvalue weighted by Gasteiger charge is 2.23. The Hall–Kier alpha value is -2.82. The van der Waals surface area contributed by atoms with E-state index >= 15 is 0 Å². The van der Waals surface area contributed by atoms with E-state index in [0.717, 1.165) is 12.0 Å². The van der Waals surface area contributed by atoms with Crippen molar-refractivity contribution >= 4 is 11.9 Å². The van der Waals surface area contributed by atoms with Gasteiger partial charge in [-0.05, 0) is 37.0 Å². The van der Waals surface area contributed by atoms with E-state index in [1.54, 1.807) is 4.90 Å². The molecule has 1 saturated heterocycles. The van der Waals surface area contributed by atoms with E-state index in [4.69, 9.17) is 0 Å². The van der Waals surface area contributed by atoms with Gasteiger partial charge in [0.1, 0.15) is 0 Å². The summed E-state index contributed by atoms with van der Waals surface area (Å²) in [6.07, 6.45) is 1.25. The zero-order valence-electron chi connectivity index (χ0n) is 16.8. The molecular weight excluding hydrogens is 350 g/mol. The van der Waals surface area contributed by atoms with Crippen molar-refractivity contribution in [2.75, 3.05) is 32.7 Å². The molecule has 0 atom stereocenters. The third-order valence-corrected chi connectivity index (χ3v) is 5.33. The van der Waals surface area contributed by atoms with Gasteiger partial charge in [-0.1, -0.05) is 54.1 Å². The van der Waals surface area contributed by atoms with Crippen LogP contribution in [0, 0.1) is 13.8 Å². The molecule has 5 heteroatoms. The van der Waals surface area contributed by atoms with Crippen molar-refractivity contribution in [1.29, 1.82) is 0 Å². The molecule has 3 rings (SSSR count). The van der Waals surface area contributed by atoms with Crippen LogP contribution < -0.4 is 5.32 Å². The highest BCUT2D eigenvalue weighted by molar-refractivity contribution is 5.79. The lowest BCUT2D eigenvalue weighted by molar-refractivity contribution is -0.131. The third-order valence-electron chi connectivity index (χ3n) is 5.33. The van der Waals surface area contributed by atoms with E-state index in [0.29, 0.717) is 39.1 Å².